The van der Waals surface area contributed by atoms with Crippen LogP contribution in [0.2, 0.25) is 0 Å². The number of hydrogen-bond acceptors (Lipinski definition) is 7. The number of hydrogen-bond donors (Lipinski definition) is 2. The molecule has 1 saturated heterocycles. The van der Waals surface area contributed by atoms with Crippen LogP contribution in [-0.2, 0) is 19.6 Å². The van der Waals surface area contributed by atoms with E-state index >= 15 is 0 Å². The van der Waals surface area contributed by atoms with Crippen LogP contribution in [0.5, 0.6) is 5.75 Å². The fourth-order valence-corrected chi connectivity index (χ4v) is 4.81. The number of benzene rings is 2. The molecule has 2 aromatic rings. The molecule has 2 amide bonds. The van der Waals surface area contributed by atoms with E-state index in [2.05, 4.69) is 5.43 Å². The molecule has 0 atom stereocenters. The van der Waals surface area contributed by atoms with Gasteiger partial charge in [0.15, 0.2) is 0 Å². The van der Waals surface area contributed by atoms with E-state index in [1.165, 1.54) is 12.1 Å². The number of carbonyl (C=O) groups excluding carboxylic acids is 2. The van der Waals surface area contributed by atoms with Crippen molar-refractivity contribution in [3.63, 3.8) is 0 Å². The quantitative estimate of drug-likeness (QED) is 0.332. The highest BCUT2D eigenvalue weighted by Crippen LogP contribution is 2.32. The zero-order valence-electron chi connectivity index (χ0n) is 17.3. The van der Waals surface area contributed by atoms with Gasteiger partial charge in [0, 0.05) is 0 Å². The number of carbonyl (C=O) groups is 2. The molecular formula is C21H21N3O5S3. The summed E-state index contributed by atoms with van der Waals surface area (Å²) in [5.74, 6) is -0.424. The lowest BCUT2D eigenvalue weighted by Crippen LogP contribution is -2.47. The molecule has 0 bridgehead atoms. The Morgan fingerprint density at radius 2 is 1.81 bits per heavy atom. The van der Waals surface area contributed by atoms with Crippen molar-refractivity contribution in [1.82, 2.24) is 15.2 Å². The van der Waals surface area contributed by atoms with Crippen LogP contribution in [0.3, 0.4) is 0 Å². The predicted octanol–water partition coefficient (Wildman–Crippen LogP) is 2.60. The number of aryl methyl sites for hydroxylation is 1. The van der Waals surface area contributed by atoms with Gasteiger partial charge < -0.3 is 4.74 Å². The maximum atomic E-state index is 12.7. The van der Waals surface area contributed by atoms with E-state index in [-0.39, 0.29) is 9.22 Å². The molecule has 0 radical (unpaired) electrons. The Bertz CT molecular complexity index is 1160. The summed E-state index contributed by atoms with van der Waals surface area (Å²) >= 11 is 6.29. The largest absolute Gasteiger partial charge is 0.494 e. The van der Waals surface area contributed by atoms with Gasteiger partial charge in [-0.05, 0) is 49.8 Å². The average Bonchev–Trinajstić information content (AvgIpc) is 3.01. The van der Waals surface area contributed by atoms with Crippen LogP contribution in [0, 0.1) is 6.92 Å². The van der Waals surface area contributed by atoms with Crippen LogP contribution < -0.4 is 15.0 Å². The molecule has 1 heterocycles. The lowest BCUT2D eigenvalue weighted by Gasteiger charge is -2.14. The molecule has 2 aromatic carbocycles. The van der Waals surface area contributed by atoms with E-state index in [4.69, 9.17) is 17.0 Å². The van der Waals surface area contributed by atoms with Gasteiger partial charge in [0.05, 0.1) is 16.4 Å². The Hall–Kier alpha value is -2.73. The molecule has 0 aliphatic carbocycles. The number of hydrazine groups is 1. The number of nitrogens with one attached hydrogen (secondary N) is 2. The first kappa shape index (κ1) is 23.9. The van der Waals surface area contributed by atoms with Crippen molar-refractivity contribution in [3.05, 3.63) is 64.6 Å². The molecule has 1 aliphatic rings. The second kappa shape index (κ2) is 10.3. The van der Waals surface area contributed by atoms with Gasteiger partial charge in [0.1, 0.15) is 16.6 Å². The molecule has 1 fully saturated rings. The smallest absolute Gasteiger partial charge is 0.266 e. The SMILES string of the molecule is CCOc1ccc(C=C2SC(=S)N(CC(=O)NNS(=O)(=O)c3ccc(C)cc3)C2=O)cc1. The van der Waals surface area contributed by atoms with Gasteiger partial charge in [0.25, 0.3) is 21.8 Å². The Kier molecular flexibility index (Phi) is 7.67. The van der Waals surface area contributed by atoms with E-state index in [9.17, 15) is 18.0 Å². The van der Waals surface area contributed by atoms with Gasteiger partial charge in [-0.1, -0.05) is 53.8 Å². The molecular weight excluding hydrogens is 470 g/mol. The van der Waals surface area contributed by atoms with Crippen molar-refractivity contribution in [1.29, 1.82) is 0 Å². The summed E-state index contributed by atoms with van der Waals surface area (Å²) < 4.78 is 30.2. The Morgan fingerprint density at radius 1 is 1.16 bits per heavy atom. The number of thioether (sulfide) groups is 1. The minimum atomic E-state index is -3.94. The highest BCUT2D eigenvalue weighted by Gasteiger charge is 2.33. The second-order valence-electron chi connectivity index (χ2n) is 6.74. The third-order valence-corrected chi connectivity index (χ3v) is 6.96. The standard InChI is InChI=1S/C21H21N3O5S3/c1-3-29-16-8-6-15(7-9-16)12-18-20(26)24(21(30)31-18)13-19(25)22-23-32(27,28)17-10-4-14(2)5-11-17/h4-12,23H,3,13H2,1-2H3,(H,22,25). The van der Waals surface area contributed by atoms with E-state index in [0.717, 1.165) is 33.5 Å². The summed E-state index contributed by atoms with van der Waals surface area (Å²) in [6.07, 6.45) is 1.67. The number of thiocarbonyl (C=S) groups is 1. The molecule has 11 heteroatoms. The lowest BCUT2D eigenvalue weighted by molar-refractivity contribution is -0.128. The highest BCUT2D eigenvalue weighted by molar-refractivity contribution is 8.26. The highest BCUT2D eigenvalue weighted by atomic mass is 32.2. The van der Waals surface area contributed by atoms with E-state index in [1.807, 2.05) is 30.8 Å². The Balaban J connectivity index is 1.61. The maximum Gasteiger partial charge on any atom is 0.266 e. The third kappa shape index (κ3) is 5.94. The lowest BCUT2D eigenvalue weighted by atomic mass is 10.2. The van der Waals surface area contributed by atoms with Crippen molar-refractivity contribution in [2.75, 3.05) is 13.2 Å². The molecule has 8 nitrogen and oxygen atoms in total. The summed E-state index contributed by atoms with van der Waals surface area (Å²) in [6, 6.07) is 13.4. The topological polar surface area (TPSA) is 105 Å². The molecule has 168 valence electrons. The number of nitrogens with zero attached hydrogens (tertiary/aromatic N) is 1. The second-order valence-corrected chi connectivity index (χ2v) is 10.1. The number of amides is 2. The fraction of sp³-hybridized carbons (Fsp3) is 0.190. The number of ether oxygens (including phenoxy) is 1. The fourth-order valence-electron chi connectivity index (χ4n) is 2.70. The Morgan fingerprint density at radius 3 is 2.44 bits per heavy atom. The van der Waals surface area contributed by atoms with E-state index in [0.29, 0.717) is 11.5 Å². The molecule has 0 unspecified atom stereocenters. The van der Waals surface area contributed by atoms with Gasteiger partial charge in [-0.25, -0.2) is 8.42 Å². The average molecular weight is 492 g/mol. The van der Waals surface area contributed by atoms with Crippen LogP contribution in [0.15, 0.2) is 58.3 Å². The van der Waals surface area contributed by atoms with Gasteiger partial charge >= 0.3 is 0 Å². The molecule has 0 aromatic heterocycles. The summed E-state index contributed by atoms with van der Waals surface area (Å²) in [5, 5.41) is 0. The zero-order chi connectivity index (χ0) is 23.3. The number of rotatable bonds is 8. The summed E-state index contributed by atoms with van der Waals surface area (Å²) in [7, 11) is -3.94. The van der Waals surface area contributed by atoms with Crippen molar-refractivity contribution in [3.8, 4) is 5.75 Å². The van der Waals surface area contributed by atoms with Gasteiger partial charge in [-0.3, -0.25) is 19.9 Å². The van der Waals surface area contributed by atoms with Crippen LogP contribution in [0.25, 0.3) is 6.08 Å². The zero-order valence-corrected chi connectivity index (χ0v) is 19.8. The van der Waals surface area contributed by atoms with Crippen molar-refractivity contribution in [2.24, 2.45) is 0 Å². The number of sulfonamides is 1. The molecule has 32 heavy (non-hydrogen) atoms. The van der Waals surface area contributed by atoms with Crippen LogP contribution in [0.1, 0.15) is 18.1 Å². The minimum absolute atomic E-state index is 0.00676. The molecule has 0 spiro atoms. The van der Waals surface area contributed by atoms with Crippen LogP contribution in [-0.4, -0.2) is 42.6 Å². The van der Waals surface area contributed by atoms with Gasteiger partial charge in [0.2, 0.25) is 0 Å². The molecule has 2 N–H and O–H groups in total. The minimum Gasteiger partial charge on any atom is -0.494 e. The molecule has 0 saturated carbocycles. The predicted molar refractivity (Wildman–Crippen MR) is 127 cm³/mol. The van der Waals surface area contributed by atoms with Gasteiger partial charge in [-0.2, -0.15) is 0 Å². The molecule has 1 aliphatic heterocycles. The maximum absolute atomic E-state index is 12.7. The van der Waals surface area contributed by atoms with E-state index < -0.39 is 28.4 Å². The van der Waals surface area contributed by atoms with Crippen molar-refractivity contribution < 1.29 is 22.7 Å². The normalized spacial score (nSPS) is 15.3. The monoisotopic (exact) mass is 491 g/mol. The summed E-state index contributed by atoms with van der Waals surface area (Å²) in [6.45, 7) is 3.87. The Labute approximate surface area is 196 Å². The molecule has 3 rings (SSSR count). The van der Waals surface area contributed by atoms with Crippen LogP contribution in [0.4, 0.5) is 0 Å². The van der Waals surface area contributed by atoms with Gasteiger partial charge in [-0.15, -0.1) is 4.83 Å². The van der Waals surface area contributed by atoms with E-state index in [1.54, 1.807) is 30.3 Å². The first-order valence-electron chi connectivity index (χ1n) is 9.55. The third-order valence-electron chi connectivity index (χ3n) is 4.32. The summed E-state index contributed by atoms with van der Waals surface area (Å²) in [4.78, 5) is 28.5. The summed E-state index contributed by atoms with van der Waals surface area (Å²) in [5.41, 5.74) is 3.80. The van der Waals surface area contributed by atoms with Crippen LogP contribution >= 0.6 is 24.0 Å². The first-order chi connectivity index (χ1) is 15.2. The van der Waals surface area contributed by atoms with Crippen molar-refractivity contribution in [2.45, 2.75) is 18.7 Å². The van der Waals surface area contributed by atoms with Crippen molar-refractivity contribution >= 4 is 56.2 Å². The first-order valence-corrected chi connectivity index (χ1v) is 12.3.